The van der Waals surface area contributed by atoms with Gasteiger partial charge in [-0.1, -0.05) is 30.3 Å². The normalized spacial score (nSPS) is 20.9. The first kappa shape index (κ1) is 33.7. The number of aromatic nitrogens is 2. The predicted octanol–water partition coefficient (Wildman–Crippen LogP) is 4.53. The van der Waals surface area contributed by atoms with Gasteiger partial charge in [-0.2, -0.15) is 5.10 Å². The van der Waals surface area contributed by atoms with Crippen LogP contribution in [0.1, 0.15) is 60.0 Å². The van der Waals surface area contributed by atoms with Crippen LogP contribution in [0.4, 0.5) is 10.5 Å². The number of carbonyl (C=O) groups is 4. The molecule has 2 aliphatic carbocycles. The molecule has 2 aliphatic rings. The summed E-state index contributed by atoms with van der Waals surface area (Å²) in [5.41, 5.74) is 5.69. The maximum absolute atomic E-state index is 13.7. The van der Waals surface area contributed by atoms with Crippen LogP contribution in [0.5, 0.6) is 0 Å². The van der Waals surface area contributed by atoms with Gasteiger partial charge in [-0.25, -0.2) is 4.79 Å². The Labute approximate surface area is 284 Å². The number of rotatable bonds is 11. The lowest BCUT2D eigenvalue weighted by Crippen LogP contribution is -2.48. The van der Waals surface area contributed by atoms with Crippen LogP contribution in [0.25, 0.3) is 22.0 Å². The molecule has 4 amide bonds. The van der Waals surface area contributed by atoms with E-state index in [0.717, 1.165) is 46.0 Å². The number of benzene rings is 3. The molecule has 2 fully saturated rings. The molecule has 12 heteroatoms. The van der Waals surface area contributed by atoms with Gasteiger partial charge in [-0.15, -0.1) is 0 Å². The molecule has 6 rings (SSSR count). The van der Waals surface area contributed by atoms with Gasteiger partial charge in [0.2, 0.25) is 11.8 Å². The zero-order valence-electron chi connectivity index (χ0n) is 27.4. The number of carbonyl (C=O) groups excluding carboxylic acids is 3. The van der Waals surface area contributed by atoms with Crippen molar-refractivity contribution >= 4 is 40.4 Å². The van der Waals surface area contributed by atoms with Crippen molar-refractivity contribution in [2.75, 3.05) is 11.9 Å². The van der Waals surface area contributed by atoms with E-state index in [-0.39, 0.29) is 48.1 Å². The molecule has 0 unspecified atom stereocenters. The lowest BCUT2D eigenvalue weighted by Gasteiger charge is -2.32. The topological polar surface area (TPSA) is 186 Å². The summed E-state index contributed by atoms with van der Waals surface area (Å²) >= 11 is 0. The van der Waals surface area contributed by atoms with E-state index in [1.54, 1.807) is 24.4 Å². The Morgan fingerprint density at radius 1 is 0.959 bits per heavy atom. The quantitative estimate of drug-likeness (QED) is 0.123. The van der Waals surface area contributed by atoms with Gasteiger partial charge in [0.05, 0.1) is 17.8 Å². The Kier molecular flexibility index (Phi) is 10.2. The number of carboxylic acid groups (broad SMARTS) is 1. The van der Waals surface area contributed by atoms with Gasteiger partial charge in [-0.3, -0.25) is 19.5 Å². The number of nitrogens with one attached hydrogen (secondary N) is 5. The second-order valence-electron chi connectivity index (χ2n) is 13.4. The average molecular weight is 667 g/mol. The number of nitrogens with zero attached hydrogens (tertiary/aromatic N) is 1. The molecular formula is C37H42N6O6. The smallest absolute Gasteiger partial charge is 0.404 e. The molecule has 3 aromatic carbocycles. The molecule has 4 aromatic rings. The third-order valence-corrected chi connectivity index (χ3v) is 9.74. The van der Waals surface area contributed by atoms with E-state index in [4.69, 9.17) is 5.11 Å². The number of hydrogen-bond donors (Lipinski definition) is 7. The molecule has 12 nitrogen and oxygen atoms in total. The number of amides is 4. The molecule has 0 bridgehead atoms. The standard InChI is InChI=1S/C37H42N6O6/c1-21-14-26(35(46)41-29-16-30(44)17-29)11-13-31(21)24-6-2-22(3-7-24)15-33(36(47)40-28-12-10-27-20-39-43-32(27)18-28)42-34(45)25-8-4-23(5-9-25)19-38-37(48)49/h2-3,6-7,10-14,18,20,23,25,29-30,33,38,44H,4-5,8-9,15-17,19H2,1H3,(H,39,43)(H,40,47)(H,41,46)(H,42,45)(H,48,49)/t23?,25?,29?,30?,33-/m0/s1. The fraction of sp³-hybridized carbons (Fsp3) is 0.378. The number of H-pyrrole nitrogens is 1. The summed E-state index contributed by atoms with van der Waals surface area (Å²) in [7, 11) is 0. The predicted molar refractivity (Wildman–Crippen MR) is 185 cm³/mol. The van der Waals surface area contributed by atoms with E-state index in [0.29, 0.717) is 43.5 Å². The number of fused-ring (bicyclic) bond motifs is 1. The number of anilines is 1. The monoisotopic (exact) mass is 666 g/mol. The number of aromatic amines is 1. The molecular weight excluding hydrogens is 624 g/mol. The van der Waals surface area contributed by atoms with Crippen molar-refractivity contribution < 1.29 is 29.4 Å². The molecule has 0 radical (unpaired) electrons. The summed E-state index contributed by atoms with van der Waals surface area (Å²) in [5, 5.41) is 37.7. The molecule has 0 saturated heterocycles. The Morgan fingerprint density at radius 2 is 1.71 bits per heavy atom. The first-order valence-corrected chi connectivity index (χ1v) is 16.8. The van der Waals surface area contributed by atoms with E-state index < -0.39 is 12.1 Å². The van der Waals surface area contributed by atoms with E-state index in [1.165, 1.54) is 0 Å². The van der Waals surface area contributed by atoms with E-state index >= 15 is 0 Å². The van der Waals surface area contributed by atoms with Gasteiger partial charge in [0.15, 0.2) is 0 Å². The number of aryl methyl sites for hydroxylation is 1. The zero-order valence-corrected chi connectivity index (χ0v) is 27.4. The van der Waals surface area contributed by atoms with E-state index in [1.807, 2.05) is 49.4 Å². The molecule has 1 atom stereocenters. The lowest BCUT2D eigenvalue weighted by molar-refractivity contribution is -0.130. The number of hydrogen-bond acceptors (Lipinski definition) is 6. The summed E-state index contributed by atoms with van der Waals surface area (Å²) in [6.45, 7) is 2.33. The van der Waals surface area contributed by atoms with Crippen molar-refractivity contribution in [3.05, 3.63) is 83.6 Å². The second kappa shape index (κ2) is 14.9. The largest absolute Gasteiger partial charge is 0.465 e. The molecule has 0 aliphatic heterocycles. The van der Waals surface area contributed by atoms with Crippen molar-refractivity contribution in [3.63, 3.8) is 0 Å². The van der Waals surface area contributed by atoms with Crippen LogP contribution in [0.15, 0.2) is 66.9 Å². The van der Waals surface area contributed by atoms with Crippen LogP contribution in [0.2, 0.25) is 0 Å². The zero-order chi connectivity index (χ0) is 34.5. The highest BCUT2D eigenvalue weighted by Crippen LogP contribution is 2.29. The van der Waals surface area contributed by atoms with Gasteiger partial charge in [0.1, 0.15) is 6.04 Å². The van der Waals surface area contributed by atoms with Crippen LogP contribution < -0.4 is 21.3 Å². The van der Waals surface area contributed by atoms with Crippen molar-refractivity contribution in [2.24, 2.45) is 11.8 Å². The maximum atomic E-state index is 13.7. The van der Waals surface area contributed by atoms with Crippen molar-refractivity contribution in [3.8, 4) is 11.1 Å². The Balaban J connectivity index is 1.13. The van der Waals surface area contributed by atoms with Crippen molar-refractivity contribution in [1.82, 2.24) is 26.1 Å². The summed E-state index contributed by atoms with van der Waals surface area (Å²) in [4.78, 5) is 50.7. The average Bonchev–Trinajstić information content (AvgIpc) is 3.55. The first-order chi connectivity index (χ1) is 23.6. The molecule has 1 heterocycles. The third-order valence-electron chi connectivity index (χ3n) is 9.74. The highest BCUT2D eigenvalue weighted by atomic mass is 16.4. The summed E-state index contributed by atoms with van der Waals surface area (Å²) in [5.74, 6) is -0.737. The van der Waals surface area contributed by atoms with Crippen molar-refractivity contribution in [2.45, 2.75) is 70.1 Å². The minimum atomic E-state index is -1.05. The van der Waals surface area contributed by atoms with E-state index in [9.17, 15) is 24.3 Å². The van der Waals surface area contributed by atoms with Gasteiger partial charge in [-0.05, 0) is 104 Å². The Hall–Kier alpha value is -5.23. The van der Waals surface area contributed by atoms with Crippen LogP contribution in [-0.2, 0) is 16.0 Å². The highest BCUT2D eigenvalue weighted by Gasteiger charge is 2.31. The van der Waals surface area contributed by atoms with E-state index in [2.05, 4.69) is 31.5 Å². The molecule has 256 valence electrons. The van der Waals surface area contributed by atoms with Crippen LogP contribution in [0, 0.1) is 18.8 Å². The Morgan fingerprint density at radius 3 is 2.41 bits per heavy atom. The summed E-state index contributed by atoms with van der Waals surface area (Å²) < 4.78 is 0. The first-order valence-electron chi connectivity index (χ1n) is 16.8. The maximum Gasteiger partial charge on any atom is 0.404 e. The van der Waals surface area contributed by atoms with Gasteiger partial charge >= 0.3 is 6.09 Å². The molecule has 0 spiro atoms. The lowest BCUT2D eigenvalue weighted by atomic mass is 9.81. The van der Waals surface area contributed by atoms with Gasteiger partial charge in [0.25, 0.3) is 5.91 Å². The highest BCUT2D eigenvalue weighted by molar-refractivity contribution is 5.99. The fourth-order valence-corrected chi connectivity index (χ4v) is 6.76. The SMILES string of the molecule is Cc1cc(C(=O)NC2CC(O)C2)ccc1-c1ccc(C[C@H](NC(=O)C2CCC(CNC(=O)O)CC2)C(=O)Nc2ccc3cn[nH]c3c2)cc1. The van der Waals surface area contributed by atoms with Crippen molar-refractivity contribution in [1.29, 1.82) is 0 Å². The summed E-state index contributed by atoms with van der Waals surface area (Å²) in [6, 6.07) is 18.1. The van der Waals surface area contributed by atoms with Crippen LogP contribution >= 0.6 is 0 Å². The number of aliphatic hydroxyl groups is 1. The molecule has 2 saturated carbocycles. The van der Waals surface area contributed by atoms with Gasteiger partial charge < -0.3 is 31.5 Å². The van der Waals surface area contributed by atoms with Gasteiger partial charge in [0, 0.05) is 41.6 Å². The minimum absolute atomic E-state index is 0.00810. The second-order valence-corrected chi connectivity index (χ2v) is 13.4. The third kappa shape index (κ3) is 8.44. The molecule has 1 aromatic heterocycles. The molecule has 7 N–H and O–H groups in total. The number of aliphatic hydroxyl groups excluding tert-OH is 1. The Bertz CT molecular complexity index is 1820. The van der Waals surface area contributed by atoms with Crippen LogP contribution in [-0.4, -0.2) is 69.0 Å². The van der Waals surface area contributed by atoms with Crippen LogP contribution in [0.3, 0.4) is 0 Å². The minimum Gasteiger partial charge on any atom is -0.465 e. The molecule has 49 heavy (non-hydrogen) atoms. The fourth-order valence-electron chi connectivity index (χ4n) is 6.76. The summed E-state index contributed by atoms with van der Waals surface area (Å²) in [6.07, 6.45) is 4.47.